The third kappa shape index (κ3) is 2.95. The summed E-state index contributed by atoms with van der Waals surface area (Å²) in [6, 6.07) is -0.769. The highest BCUT2D eigenvalue weighted by Crippen LogP contribution is 2.37. The van der Waals surface area contributed by atoms with Gasteiger partial charge in [0.2, 0.25) is 0 Å². The van der Waals surface area contributed by atoms with Gasteiger partial charge in [0, 0.05) is 12.1 Å². The first-order valence-electron chi connectivity index (χ1n) is 5.72. The summed E-state index contributed by atoms with van der Waals surface area (Å²) in [5, 5.41) is 9.51. The predicted octanol–water partition coefficient (Wildman–Crippen LogP) is 0.371. The van der Waals surface area contributed by atoms with E-state index in [9.17, 15) is 26.7 Å². The molecule has 0 spiro atoms. The molecule has 18 heavy (non-hydrogen) atoms. The lowest BCUT2D eigenvalue weighted by Crippen LogP contribution is -2.53. The summed E-state index contributed by atoms with van der Waals surface area (Å²) in [7, 11) is -4.12. The van der Waals surface area contributed by atoms with Crippen LogP contribution < -0.4 is 4.72 Å². The highest BCUT2D eigenvalue weighted by Gasteiger charge is 2.47. The number of piperidine rings is 1. The van der Waals surface area contributed by atoms with E-state index in [2.05, 4.69) is 0 Å². The molecule has 0 aliphatic carbocycles. The Morgan fingerprint density at radius 1 is 1.22 bits per heavy atom. The monoisotopic (exact) mass is 288 g/mol. The molecule has 9 heteroatoms. The van der Waals surface area contributed by atoms with Crippen molar-refractivity contribution < 1.29 is 26.7 Å². The lowest BCUT2D eigenvalue weighted by atomic mass is 10.0. The van der Waals surface area contributed by atoms with Crippen molar-refractivity contribution >= 4 is 10.2 Å². The van der Waals surface area contributed by atoms with Crippen LogP contribution in [0.25, 0.3) is 0 Å². The Morgan fingerprint density at radius 3 is 2.17 bits per heavy atom. The number of aliphatic hydroxyl groups is 1. The van der Waals surface area contributed by atoms with E-state index in [-0.39, 0.29) is 12.1 Å². The van der Waals surface area contributed by atoms with Crippen molar-refractivity contribution in [3.8, 4) is 0 Å². The van der Waals surface area contributed by atoms with E-state index in [0.29, 0.717) is 25.7 Å². The largest absolute Gasteiger partial charge is 0.402 e. The third-order valence-corrected chi connectivity index (χ3v) is 5.03. The topological polar surface area (TPSA) is 69.6 Å². The van der Waals surface area contributed by atoms with Crippen LogP contribution in [-0.4, -0.2) is 48.7 Å². The fourth-order valence-electron chi connectivity index (χ4n) is 2.75. The smallest absolute Gasteiger partial charge is 0.393 e. The maximum Gasteiger partial charge on any atom is 0.402 e. The molecule has 2 unspecified atom stereocenters. The fraction of sp³-hybridized carbons (Fsp3) is 1.00. The molecule has 0 radical (unpaired) electrons. The van der Waals surface area contributed by atoms with E-state index >= 15 is 0 Å². The van der Waals surface area contributed by atoms with Crippen molar-refractivity contribution in [1.82, 2.24) is 9.03 Å². The summed E-state index contributed by atoms with van der Waals surface area (Å²) in [6.45, 7) is -1.56. The quantitative estimate of drug-likeness (QED) is 0.788. The molecular formula is C9H15F3N2O3S. The first kappa shape index (κ1) is 14.0. The van der Waals surface area contributed by atoms with Crippen molar-refractivity contribution in [3.63, 3.8) is 0 Å². The normalized spacial score (nSPS) is 33.9. The first-order chi connectivity index (χ1) is 8.19. The second-order valence-corrected chi connectivity index (χ2v) is 6.44. The molecule has 0 amide bonds. The Hall–Kier alpha value is -0.380. The molecule has 0 aromatic heterocycles. The number of halogens is 3. The molecule has 0 aromatic rings. The van der Waals surface area contributed by atoms with Crippen LogP contribution in [0.2, 0.25) is 0 Å². The Kier molecular flexibility index (Phi) is 3.60. The second kappa shape index (κ2) is 4.62. The summed E-state index contributed by atoms with van der Waals surface area (Å²) in [6.07, 6.45) is -3.35. The molecule has 2 atom stereocenters. The number of nitrogens with one attached hydrogen (secondary N) is 1. The number of rotatable bonds is 3. The number of alkyl halides is 3. The van der Waals surface area contributed by atoms with Gasteiger partial charge in [0.15, 0.2) is 0 Å². The molecule has 2 aliphatic rings. The molecule has 2 fully saturated rings. The van der Waals surface area contributed by atoms with Crippen molar-refractivity contribution in [2.75, 3.05) is 6.54 Å². The average Bonchev–Trinajstić information content (AvgIpc) is 2.49. The molecule has 5 nitrogen and oxygen atoms in total. The van der Waals surface area contributed by atoms with Gasteiger partial charge in [0.05, 0.1) is 6.10 Å². The van der Waals surface area contributed by atoms with Gasteiger partial charge in [0.25, 0.3) is 10.2 Å². The van der Waals surface area contributed by atoms with Crippen LogP contribution in [0.15, 0.2) is 0 Å². The van der Waals surface area contributed by atoms with Crippen LogP contribution in [0, 0.1) is 0 Å². The number of hydrogen-bond acceptors (Lipinski definition) is 3. The maximum absolute atomic E-state index is 12.0. The molecular weight excluding hydrogens is 273 g/mol. The molecule has 2 heterocycles. The Morgan fingerprint density at radius 2 is 1.72 bits per heavy atom. The van der Waals surface area contributed by atoms with Crippen LogP contribution >= 0.6 is 0 Å². The molecule has 0 aromatic carbocycles. The predicted molar refractivity (Wildman–Crippen MR) is 56.9 cm³/mol. The van der Waals surface area contributed by atoms with Gasteiger partial charge < -0.3 is 5.11 Å². The van der Waals surface area contributed by atoms with E-state index in [0.717, 1.165) is 4.31 Å². The highest BCUT2D eigenvalue weighted by atomic mass is 32.2. The summed E-state index contributed by atoms with van der Waals surface area (Å²) in [5.41, 5.74) is 0. The average molecular weight is 288 g/mol. The molecule has 0 saturated carbocycles. The van der Waals surface area contributed by atoms with Gasteiger partial charge in [-0.2, -0.15) is 30.6 Å². The van der Waals surface area contributed by atoms with Crippen LogP contribution in [0.3, 0.4) is 0 Å². The number of nitrogens with zero attached hydrogens (tertiary/aromatic N) is 1. The van der Waals surface area contributed by atoms with Gasteiger partial charge in [-0.05, 0) is 25.7 Å². The molecule has 2 saturated heterocycles. The van der Waals surface area contributed by atoms with Crippen molar-refractivity contribution in [2.45, 2.75) is 50.0 Å². The van der Waals surface area contributed by atoms with E-state index < -0.39 is 29.0 Å². The summed E-state index contributed by atoms with van der Waals surface area (Å²) in [5.74, 6) is 0. The number of fused-ring (bicyclic) bond motifs is 2. The van der Waals surface area contributed by atoms with Crippen LogP contribution in [0.4, 0.5) is 13.2 Å². The van der Waals surface area contributed by atoms with E-state index in [1.54, 1.807) is 4.72 Å². The number of hydrogen-bond donors (Lipinski definition) is 2. The first-order valence-corrected chi connectivity index (χ1v) is 7.16. The number of aliphatic hydroxyl groups excluding tert-OH is 1. The summed E-state index contributed by atoms with van der Waals surface area (Å²) in [4.78, 5) is 0. The molecule has 2 N–H and O–H groups in total. The Bertz CT molecular complexity index is 398. The van der Waals surface area contributed by atoms with Gasteiger partial charge in [-0.25, -0.2) is 0 Å². The van der Waals surface area contributed by atoms with Gasteiger partial charge in [-0.3, -0.25) is 0 Å². The minimum absolute atomic E-state index is 0.295. The van der Waals surface area contributed by atoms with Crippen LogP contribution in [0.1, 0.15) is 25.7 Å². The summed E-state index contributed by atoms with van der Waals surface area (Å²) >= 11 is 0. The zero-order chi connectivity index (χ0) is 13.6. The van der Waals surface area contributed by atoms with Crippen LogP contribution in [-0.2, 0) is 10.2 Å². The third-order valence-electron chi connectivity index (χ3n) is 3.37. The van der Waals surface area contributed by atoms with Crippen molar-refractivity contribution in [1.29, 1.82) is 0 Å². The van der Waals surface area contributed by atoms with Gasteiger partial charge in [-0.1, -0.05) is 0 Å². The standard InChI is InChI=1S/C9H15F3N2O3S/c10-9(11,12)5-13-18(16,17)14-6-1-2-7(14)4-8(15)3-6/h6-8,13,15H,1-5H2. The molecule has 2 bridgehead atoms. The molecule has 2 aliphatic heterocycles. The van der Waals surface area contributed by atoms with Crippen molar-refractivity contribution in [2.24, 2.45) is 0 Å². The Balaban J connectivity index is 2.07. The second-order valence-electron chi connectivity index (χ2n) is 4.78. The maximum atomic E-state index is 12.0. The van der Waals surface area contributed by atoms with Crippen LogP contribution in [0.5, 0.6) is 0 Å². The molecule has 106 valence electrons. The Labute approximate surface area is 103 Å². The zero-order valence-electron chi connectivity index (χ0n) is 9.52. The molecule has 2 rings (SSSR count). The van der Waals surface area contributed by atoms with E-state index in [1.165, 1.54) is 0 Å². The summed E-state index contributed by atoms with van der Waals surface area (Å²) < 4.78 is 62.5. The van der Waals surface area contributed by atoms with Gasteiger partial charge >= 0.3 is 6.18 Å². The van der Waals surface area contributed by atoms with E-state index in [1.807, 2.05) is 0 Å². The van der Waals surface area contributed by atoms with Gasteiger partial charge in [0.1, 0.15) is 6.54 Å². The minimum Gasteiger partial charge on any atom is -0.393 e. The van der Waals surface area contributed by atoms with Crippen molar-refractivity contribution in [3.05, 3.63) is 0 Å². The SMILES string of the molecule is O=S(=O)(NCC(F)(F)F)N1C2CCC1CC(O)C2. The fourth-order valence-corrected chi connectivity index (χ4v) is 4.41. The zero-order valence-corrected chi connectivity index (χ0v) is 10.3. The lowest BCUT2D eigenvalue weighted by Gasteiger charge is -2.35. The highest BCUT2D eigenvalue weighted by molar-refractivity contribution is 7.87. The lowest BCUT2D eigenvalue weighted by molar-refractivity contribution is -0.121. The van der Waals surface area contributed by atoms with E-state index in [4.69, 9.17) is 0 Å². The van der Waals surface area contributed by atoms with Gasteiger partial charge in [-0.15, -0.1) is 0 Å². The minimum atomic E-state index is -4.57.